The molecule has 2 aromatic carbocycles. The zero-order valence-electron chi connectivity index (χ0n) is 19.9. The highest BCUT2D eigenvalue weighted by atomic mass is 35.5. The molecule has 1 amide bonds. The van der Waals surface area contributed by atoms with E-state index in [-0.39, 0.29) is 39.0 Å². The van der Waals surface area contributed by atoms with Gasteiger partial charge in [0.15, 0.2) is 0 Å². The number of anilines is 3. The molecule has 0 unspecified atom stereocenters. The Morgan fingerprint density at radius 1 is 1.03 bits per heavy atom. The minimum atomic E-state index is -0.732. The Labute approximate surface area is 217 Å². The third kappa shape index (κ3) is 5.69. The van der Waals surface area contributed by atoms with Gasteiger partial charge in [-0.25, -0.2) is 14.4 Å². The SMILES string of the molecule is C=CC(=O)Nc1ccc(OC)c(C)c1Nc1ncc(/C=C(\F)c2c(Cl)c(OC)cc(OC)c2Cl)cn1. The molecule has 0 atom stereocenters. The fourth-order valence-corrected chi connectivity index (χ4v) is 3.95. The molecule has 188 valence electrons. The maximum atomic E-state index is 15.2. The molecular weight excluding hydrogens is 510 g/mol. The summed E-state index contributed by atoms with van der Waals surface area (Å²) in [5.74, 6) is 0.103. The number of carbonyl (C=O) groups excluding carboxylic acids is 1. The van der Waals surface area contributed by atoms with Gasteiger partial charge in [0.25, 0.3) is 0 Å². The number of ether oxygens (including phenoxy) is 3. The van der Waals surface area contributed by atoms with Crippen molar-refractivity contribution in [3.05, 3.63) is 70.0 Å². The van der Waals surface area contributed by atoms with Crippen LogP contribution < -0.4 is 24.8 Å². The van der Waals surface area contributed by atoms with Crippen LogP contribution in [0.4, 0.5) is 21.7 Å². The Bertz CT molecular complexity index is 1300. The Balaban J connectivity index is 1.94. The van der Waals surface area contributed by atoms with Crippen LogP contribution in [-0.4, -0.2) is 37.2 Å². The first kappa shape index (κ1) is 26.8. The molecule has 2 N–H and O–H groups in total. The van der Waals surface area contributed by atoms with E-state index in [0.29, 0.717) is 28.3 Å². The van der Waals surface area contributed by atoms with Crippen LogP contribution in [0.1, 0.15) is 16.7 Å². The maximum absolute atomic E-state index is 15.2. The van der Waals surface area contributed by atoms with Gasteiger partial charge in [0, 0.05) is 29.6 Å². The van der Waals surface area contributed by atoms with Gasteiger partial charge in [-0.1, -0.05) is 29.8 Å². The van der Waals surface area contributed by atoms with Crippen molar-refractivity contribution in [1.29, 1.82) is 0 Å². The second kappa shape index (κ2) is 11.7. The van der Waals surface area contributed by atoms with Crippen molar-refractivity contribution < 1.29 is 23.4 Å². The van der Waals surface area contributed by atoms with Gasteiger partial charge in [-0.15, -0.1) is 0 Å². The number of hydrogen-bond donors (Lipinski definition) is 2. The van der Waals surface area contributed by atoms with Crippen LogP contribution in [0.3, 0.4) is 0 Å². The Hall–Kier alpha value is -3.82. The summed E-state index contributed by atoms with van der Waals surface area (Å²) in [6.45, 7) is 5.28. The summed E-state index contributed by atoms with van der Waals surface area (Å²) in [6, 6.07) is 4.87. The minimum absolute atomic E-state index is 0.00106. The van der Waals surface area contributed by atoms with Gasteiger partial charge >= 0.3 is 0 Å². The standard InChI is InChI=1S/C25H23Cl2FN4O4/c1-6-20(33)31-16-7-8-17(34-3)13(2)24(16)32-25-29-11-14(12-30-25)9-15(28)21-22(26)18(35-4)10-19(36-5)23(21)27/h6-12H,1H2,2-5H3,(H,31,33)(H,29,30,32)/b15-9-. The predicted octanol–water partition coefficient (Wildman–Crippen LogP) is 6.45. The van der Waals surface area contributed by atoms with Gasteiger partial charge in [0.05, 0.1) is 48.3 Å². The first-order chi connectivity index (χ1) is 17.2. The lowest BCUT2D eigenvalue weighted by Gasteiger charge is -2.16. The summed E-state index contributed by atoms with van der Waals surface area (Å²) < 4.78 is 30.9. The molecule has 0 saturated carbocycles. The largest absolute Gasteiger partial charge is 0.496 e. The van der Waals surface area contributed by atoms with Crippen molar-refractivity contribution >= 4 is 58.3 Å². The molecule has 11 heteroatoms. The molecule has 36 heavy (non-hydrogen) atoms. The molecule has 8 nitrogen and oxygen atoms in total. The summed E-state index contributed by atoms with van der Waals surface area (Å²) in [4.78, 5) is 20.3. The van der Waals surface area contributed by atoms with Crippen molar-refractivity contribution in [2.75, 3.05) is 32.0 Å². The topological polar surface area (TPSA) is 94.6 Å². The molecular formula is C25H23Cl2FN4O4. The molecule has 0 radical (unpaired) electrons. The second-order valence-electron chi connectivity index (χ2n) is 7.25. The number of nitrogens with one attached hydrogen (secondary N) is 2. The average molecular weight is 533 g/mol. The number of nitrogens with zero attached hydrogens (tertiary/aromatic N) is 2. The van der Waals surface area contributed by atoms with E-state index >= 15 is 4.39 Å². The van der Waals surface area contributed by atoms with Crippen LogP contribution in [-0.2, 0) is 4.79 Å². The summed E-state index contributed by atoms with van der Waals surface area (Å²) in [5, 5.41) is 5.78. The molecule has 1 aromatic heterocycles. The van der Waals surface area contributed by atoms with Crippen LogP contribution in [0.25, 0.3) is 11.9 Å². The van der Waals surface area contributed by atoms with Crippen LogP contribution in [0.15, 0.2) is 43.2 Å². The fraction of sp³-hybridized carbons (Fsp3) is 0.160. The summed E-state index contributed by atoms with van der Waals surface area (Å²) in [7, 11) is 4.34. The van der Waals surface area contributed by atoms with Gasteiger partial charge in [-0.05, 0) is 31.2 Å². The molecule has 3 aromatic rings. The van der Waals surface area contributed by atoms with Crippen molar-refractivity contribution in [2.24, 2.45) is 0 Å². The number of methoxy groups -OCH3 is 3. The zero-order valence-corrected chi connectivity index (χ0v) is 21.4. The van der Waals surface area contributed by atoms with Gasteiger partial charge in [0.1, 0.15) is 23.1 Å². The Morgan fingerprint density at radius 2 is 1.61 bits per heavy atom. The maximum Gasteiger partial charge on any atom is 0.247 e. The smallest absolute Gasteiger partial charge is 0.247 e. The van der Waals surface area contributed by atoms with Gasteiger partial charge in [-0.2, -0.15) is 0 Å². The Morgan fingerprint density at radius 3 is 2.14 bits per heavy atom. The normalized spacial score (nSPS) is 11.0. The minimum Gasteiger partial charge on any atom is -0.496 e. The Kier molecular flexibility index (Phi) is 8.73. The lowest BCUT2D eigenvalue weighted by Crippen LogP contribution is -2.11. The number of hydrogen-bond acceptors (Lipinski definition) is 7. The van der Waals surface area contributed by atoms with Crippen molar-refractivity contribution in [2.45, 2.75) is 6.92 Å². The molecule has 0 saturated heterocycles. The average Bonchev–Trinajstić information content (AvgIpc) is 2.87. The molecule has 0 fully saturated rings. The summed E-state index contributed by atoms with van der Waals surface area (Å²) >= 11 is 12.6. The van der Waals surface area contributed by atoms with Crippen LogP contribution >= 0.6 is 23.2 Å². The van der Waals surface area contributed by atoms with Crippen LogP contribution in [0.2, 0.25) is 10.0 Å². The number of halogens is 3. The quantitative estimate of drug-likeness (QED) is 0.305. The van der Waals surface area contributed by atoms with E-state index in [9.17, 15) is 4.79 Å². The van der Waals surface area contributed by atoms with Crippen molar-refractivity contribution in [1.82, 2.24) is 9.97 Å². The van der Waals surface area contributed by atoms with E-state index in [0.717, 1.165) is 6.08 Å². The van der Waals surface area contributed by atoms with Crippen LogP contribution in [0.5, 0.6) is 17.2 Å². The third-order valence-electron chi connectivity index (χ3n) is 5.09. The van der Waals surface area contributed by atoms with E-state index in [2.05, 4.69) is 27.2 Å². The molecule has 0 bridgehead atoms. The molecule has 3 rings (SSSR count). The van der Waals surface area contributed by atoms with Crippen molar-refractivity contribution in [3.8, 4) is 17.2 Å². The zero-order chi connectivity index (χ0) is 26.4. The molecule has 0 aliphatic carbocycles. The lowest BCUT2D eigenvalue weighted by molar-refractivity contribution is -0.111. The third-order valence-corrected chi connectivity index (χ3v) is 5.84. The van der Waals surface area contributed by atoms with Gasteiger partial charge in [0.2, 0.25) is 11.9 Å². The second-order valence-corrected chi connectivity index (χ2v) is 8.01. The molecule has 0 spiro atoms. The van der Waals surface area contributed by atoms with Gasteiger partial charge < -0.3 is 24.8 Å². The first-order valence-electron chi connectivity index (χ1n) is 10.4. The fourth-order valence-electron chi connectivity index (χ4n) is 3.27. The predicted molar refractivity (Wildman–Crippen MR) is 140 cm³/mol. The van der Waals surface area contributed by atoms with E-state index in [1.165, 1.54) is 45.9 Å². The van der Waals surface area contributed by atoms with Crippen LogP contribution in [0, 0.1) is 6.92 Å². The molecule has 1 heterocycles. The van der Waals surface area contributed by atoms with E-state index < -0.39 is 5.83 Å². The first-order valence-corrected chi connectivity index (χ1v) is 11.2. The van der Waals surface area contributed by atoms with E-state index in [1.807, 2.05) is 6.92 Å². The highest BCUT2D eigenvalue weighted by Crippen LogP contribution is 2.44. The summed E-state index contributed by atoms with van der Waals surface area (Å²) in [5.41, 5.74) is 1.99. The van der Waals surface area contributed by atoms with E-state index in [1.54, 1.807) is 12.1 Å². The number of carbonyl (C=O) groups is 1. The molecule has 0 aliphatic rings. The highest BCUT2D eigenvalue weighted by molar-refractivity contribution is 6.39. The lowest BCUT2D eigenvalue weighted by atomic mass is 10.1. The number of amides is 1. The number of rotatable bonds is 9. The highest BCUT2D eigenvalue weighted by Gasteiger charge is 2.21. The summed E-state index contributed by atoms with van der Waals surface area (Å²) in [6.07, 6.45) is 5.16. The van der Waals surface area contributed by atoms with E-state index in [4.69, 9.17) is 37.4 Å². The number of benzene rings is 2. The van der Waals surface area contributed by atoms with Gasteiger partial charge in [-0.3, -0.25) is 4.79 Å². The van der Waals surface area contributed by atoms with Crippen molar-refractivity contribution in [3.63, 3.8) is 0 Å². The number of aromatic nitrogens is 2. The monoisotopic (exact) mass is 532 g/mol. The molecule has 0 aliphatic heterocycles.